The Morgan fingerprint density at radius 3 is 2.71 bits per heavy atom. The van der Waals surface area contributed by atoms with Crippen LogP contribution >= 0.6 is 0 Å². The second-order valence-corrected chi connectivity index (χ2v) is 3.52. The average molecular weight is 190 g/mol. The van der Waals surface area contributed by atoms with Crippen LogP contribution in [-0.2, 0) is 11.2 Å². The fourth-order valence-electron chi connectivity index (χ4n) is 1.65. The van der Waals surface area contributed by atoms with Gasteiger partial charge in [-0.25, -0.2) is 0 Å². The van der Waals surface area contributed by atoms with Crippen LogP contribution in [0.15, 0.2) is 42.0 Å². The molecule has 0 fully saturated rings. The molecule has 0 amide bonds. The quantitative estimate of drug-likeness (QED) is 0.733. The first-order valence-electron chi connectivity index (χ1n) is 4.84. The number of aliphatic hydroxyl groups excluding tert-OH is 1. The van der Waals surface area contributed by atoms with Gasteiger partial charge in [0.15, 0.2) is 0 Å². The summed E-state index contributed by atoms with van der Waals surface area (Å²) in [7, 11) is 0. The number of aliphatic hydroxyl groups is 1. The van der Waals surface area contributed by atoms with Crippen molar-refractivity contribution in [3.05, 3.63) is 47.5 Å². The fraction of sp³-hybridized carbons (Fsp3) is 0.333. The lowest BCUT2D eigenvalue weighted by molar-refractivity contribution is 0.0729. The monoisotopic (exact) mass is 190 g/mol. The molecule has 2 nitrogen and oxygen atoms in total. The zero-order chi connectivity index (χ0) is 9.80. The lowest BCUT2D eigenvalue weighted by Crippen LogP contribution is -2.08. The topological polar surface area (TPSA) is 29.5 Å². The van der Waals surface area contributed by atoms with E-state index in [4.69, 9.17) is 9.84 Å². The zero-order valence-electron chi connectivity index (χ0n) is 8.02. The van der Waals surface area contributed by atoms with Gasteiger partial charge < -0.3 is 9.84 Å². The molecule has 74 valence electrons. The number of ether oxygens (including phenoxy) is 1. The molecule has 2 heteroatoms. The van der Waals surface area contributed by atoms with Gasteiger partial charge in [0.2, 0.25) is 0 Å². The van der Waals surface area contributed by atoms with E-state index < -0.39 is 0 Å². The van der Waals surface area contributed by atoms with Crippen LogP contribution < -0.4 is 0 Å². The van der Waals surface area contributed by atoms with Crippen molar-refractivity contribution in [3.63, 3.8) is 0 Å². The van der Waals surface area contributed by atoms with Gasteiger partial charge in [-0.2, -0.15) is 0 Å². The molecule has 1 aliphatic heterocycles. The van der Waals surface area contributed by atoms with Gasteiger partial charge in [-0.15, -0.1) is 0 Å². The smallest absolute Gasteiger partial charge is 0.0994 e. The number of benzene rings is 1. The maximum Gasteiger partial charge on any atom is 0.0994 e. The van der Waals surface area contributed by atoms with Crippen molar-refractivity contribution in [1.82, 2.24) is 0 Å². The van der Waals surface area contributed by atoms with E-state index in [1.165, 1.54) is 11.1 Å². The molecule has 0 saturated carbocycles. The van der Waals surface area contributed by atoms with Crippen molar-refractivity contribution in [2.75, 3.05) is 13.2 Å². The summed E-state index contributed by atoms with van der Waals surface area (Å²) >= 11 is 0. The minimum Gasteiger partial charge on any atom is -0.393 e. The Kier molecular flexibility index (Phi) is 2.96. The molecule has 0 bridgehead atoms. The molecule has 14 heavy (non-hydrogen) atoms. The van der Waals surface area contributed by atoms with E-state index in [0.29, 0.717) is 6.61 Å². The molecule has 1 aromatic rings. The summed E-state index contributed by atoms with van der Waals surface area (Å²) in [4.78, 5) is 0. The molecule has 2 rings (SSSR count). The predicted octanol–water partition coefficient (Wildman–Crippen LogP) is 1.55. The molecule has 0 saturated heterocycles. The maximum atomic E-state index is 8.88. The summed E-state index contributed by atoms with van der Waals surface area (Å²) < 4.78 is 5.34. The normalized spacial score (nSPS) is 20.9. The highest BCUT2D eigenvalue weighted by atomic mass is 16.5. The van der Waals surface area contributed by atoms with Crippen molar-refractivity contribution in [2.45, 2.75) is 12.5 Å². The third-order valence-corrected chi connectivity index (χ3v) is 2.36. The van der Waals surface area contributed by atoms with Crippen LogP contribution in [0.3, 0.4) is 0 Å². The van der Waals surface area contributed by atoms with E-state index in [-0.39, 0.29) is 12.7 Å². The predicted molar refractivity (Wildman–Crippen MR) is 55.1 cm³/mol. The molecular formula is C12H14O2. The Hall–Kier alpha value is -1.12. The van der Waals surface area contributed by atoms with Crippen molar-refractivity contribution < 1.29 is 9.84 Å². The third kappa shape index (κ3) is 2.22. The molecule has 1 N–H and O–H groups in total. The summed E-state index contributed by atoms with van der Waals surface area (Å²) in [5.74, 6) is 0. The lowest BCUT2D eigenvalue weighted by Gasteiger charge is -2.01. The highest BCUT2D eigenvalue weighted by Crippen LogP contribution is 2.16. The highest BCUT2D eigenvalue weighted by Gasteiger charge is 2.14. The van der Waals surface area contributed by atoms with Crippen LogP contribution in [0.25, 0.3) is 0 Å². The van der Waals surface area contributed by atoms with Crippen molar-refractivity contribution >= 4 is 0 Å². The number of rotatable bonds is 3. The molecule has 0 aliphatic carbocycles. The van der Waals surface area contributed by atoms with E-state index in [9.17, 15) is 0 Å². The van der Waals surface area contributed by atoms with E-state index in [0.717, 1.165) is 6.42 Å². The molecule has 1 atom stereocenters. The van der Waals surface area contributed by atoms with Gasteiger partial charge in [-0.3, -0.25) is 0 Å². The largest absolute Gasteiger partial charge is 0.393 e. The molecule has 1 aliphatic rings. The van der Waals surface area contributed by atoms with E-state index in [2.05, 4.69) is 12.1 Å². The Bertz CT molecular complexity index is 316. The number of hydrogen-bond donors (Lipinski definition) is 1. The average Bonchev–Trinajstić information content (AvgIpc) is 2.67. The number of hydrogen-bond acceptors (Lipinski definition) is 2. The van der Waals surface area contributed by atoms with E-state index in [1.807, 2.05) is 24.3 Å². The SMILES string of the molecule is OC[C@@H]1C=C(Cc2ccccc2)CO1. The van der Waals surface area contributed by atoms with Gasteiger partial charge in [0.05, 0.1) is 19.3 Å². The van der Waals surface area contributed by atoms with Crippen molar-refractivity contribution in [2.24, 2.45) is 0 Å². The Morgan fingerprint density at radius 1 is 1.29 bits per heavy atom. The van der Waals surface area contributed by atoms with Crippen LogP contribution in [-0.4, -0.2) is 24.4 Å². The van der Waals surface area contributed by atoms with E-state index >= 15 is 0 Å². The maximum absolute atomic E-state index is 8.88. The van der Waals surface area contributed by atoms with Gasteiger partial charge in [0.25, 0.3) is 0 Å². The summed E-state index contributed by atoms with van der Waals surface area (Å²) in [6.45, 7) is 0.735. The second-order valence-electron chi connectivity index (χ2n) is 3.52. The van der Waals surface area contributed by atoms with Crippen molar-refractivity contribution in [3.8, 4) is 0 Å². The summed E-state index contributed by atoms with van der Waals surface area (Å²) in [6, 6.07) is 10.3. The van der Waals surface area contributed by atoms with Gasteiger partial charge in [-0.05, 0) is 17.6 Å². The molecule has 1 heterocycles. The molecule has 0 aromatic heterocycles. The van der Waals surface area contributed by atoms with Crippen LogP contribution in [0.5, 0.6) is 0 Å². The first kappa shape index (κ1) is 9.44. The standard InChI is InChI=1S/C12H14O2/c13-8-12-7-11(9-14-12)6-10-4-2-1-3-5-10/h1-5,7,12-13H,6,8-9H2/t12-/m0/s1. The fourth-order valence-corrected chi connectivity index (χ4v) is 1.65. The van der Waals surface area contributed by atoms with Gasteiger partial charge in [-0.1, -0.05) is 36.4 Å². The summed E-state index contributed by atoms with van der Waals surface area (Å²) in [5, 5.41) is 8.88. The van der Waals surface area contributed by atoms with Gasteiger partial charge in [0, 0.05) is 0 Å². The Balaban J connectivity index is 1.99. The van der Waals surface area contributed by atoms with E-state index in [1.54, 1.807) is 0 Å². The lowest BCUT2D eigenvalue weighted by atomic mass is 10.1. The first-order valence-corrected chi connectivity index (χ1v) is 4.84. The Morgan fingerprint density at radius 2 is 2.07 bits per heavy atom. The first-order chi connectivity index (χ1) is 6.88. The van der Waals surface area contributed by atoms with Crippen molar-refractivity contribution in [1.29, 1.82) is 0 Å². The molecule has 0 spiro atoms. The van der Waals surface area contributed by atoms with Crippen LogP contribution in [0.4, 0.5) is 0 Å². The van der Waals surface area contributed by atoms with Crippen LogP contribution in [0.2, 0.25) is 0 Å². The molecular weight excluding hydrogens is 176 g/mol. The molecule has 0 unspecified atom stereocenters. The second kappa shape index (κ2) is 4.40. The summed E-state index contributed by atoms with van der Waals surface area (Å²) in [6.07, 6.45) is 2.86. The van der Waals surface area contributed by atoms with Crippen LogP contribution in [0, 0.1) is 0 Å². The van der Waals surface area contributed by atoms with Crippen LogP contribution in [0.1, 0.15) is 5.56 Å². The Labute approximate surface area is 83.8 Å². The zero-order valence-corrected chi connectivity index (χ0v) is 8.02. The third-order valence-electron chi connectivity index (χ3n) is 2.36. The minimum atomic E-state index is -0.0892. The minimum absolute atomic E-state index is 0.0816. The highest BCUT2D eigenvalue weighted by molar-refractivity contribution is 5.24. The van der Waals surface area contributed by atoms with Gasteiger partial charge >= 0.3 is 0 Å². The molecule has 1 aromatic carbocycles. The summed E-state index contributed by atoms with van der Waals surface area (Å²) in [5.41, 5.74) is 2.55. The van der Waals surface area contributed by atoms with Gasteiger partial charge in [0.1, 0.15) is 0 Å². The molecule has 0 radical (unpaired) electrons.